The second-order valence-electron chi connectivity index (χ2n) is 4.94. The van der Waals surface area contributed by atoms with Gasteiger partial charge in [0.2, 0.25) is 0 Å². The van der Waals surface area contributed by atoms with Crippen LogP contribution < -0.4 is 5.32 Å². The van der Waals surface area contributed by atoms with Crippen LogP contribution in [0.1, 0.15) is 36.6 Å². The van der Waals surface area contributed by atoms with Gasteiger partial charge in [0.15, 0.2) is 0 Å². The van der Waals surface area contributed by atoms with Crippen molar-refractivity contribution in [1.29, 1.82) is 0 Å². The average Bonchev–Trinajstić information content (AvgIpc) is 2.97. The fraction of sp³-hybridized carbons (Fsp3) is 0.412. The lowest BCUT2D eigenvalue weighted by Crippen LogP contribution is -2.27. The van der Waals surface area contributed by atoms with Gasteiger partial charge in [-0.05, 0) is 42.7 Å². The maximum Gasteiger partial charge on any atom is 0.0208 e. The highest BCUT2D eigenvalue weighted by Gasteiger charge is 2.05. The SMILES string of the molecule is CCC(CCCc1cccs1)NCc1ccccc1. The van der Waals surface area contributed by atoms with Crippen LogP contribution in [0.4, 0.5) is 0 Å². The molecule has 0 aliphatic rings. The number of hydrogen-bond donors (Lipinski definition) is 1. The number of nitrogens with one attached hydrogen (secondary N) is 1. The molecule has 0 aliphatic carbocycles. The summed E-state index contributed by atoms with van der Waals surface area (Å²) in [7, 11) is 0. The van der Waals surface area contributed by atoms with Gasteiger partial charge in [-0.15, -0.1) is 11.3 Å². The van der Waals surface area contributed by atoms with E-state index >= 15 is 0 Å². The molecule has 0 saturated heterocycles. The summed E-state index contributed by atoms with van der Waals surface area (Å²) in [5, 5.41) is 5.84. The van der Waals surface area contributed by atoms with Gasteiger partial charge in [0, 0.05) is 17.5 Å². The molecule has 0 fully saturated rings. The van der Waals surface area contributed by atoms with Gasteiger partial charge < -0.3 is 5.32 Å². The van der Waals surface area contributed by atoms with Crippen molar-refractivity contribution in [2.45, 2.75) is 45.2 Å². The van der Waals surface area contributed by atoms with Gasteiger partial charge in [-0.3, -0.25) is 0 Å². The molecule has 1 nitrogen and oxygen atoms in total. The summed E-state index contributed by atoms with van der Waals surface area (Å²) in [5.41, 5.74) is 1.37. The summed E-state index contributed by atoms with van der Waals surface area (Å²) < 4.78 is 0. The van der Waals surface area contributed by atoms with Gasteiger partial charge in [0.05, 0.1) is 0 Å². The normalized spacial score (nSPS) is 12.5. The molecule has 2 rings (SSSR count). The van der Waals surface area contributed by atoms with E-state index in [2.05, 4.69) is 60.1 Å². The predicted molar refractivity (Wildman–Crippen MR) is 84.6 cm³/mol. The Hall–Kier alpha value is -1.12. The lowest BCUT2D eigenvalue weighted by Gasteiger charge is -2.16. The average molecular weight is 273 g/mol. The van der Waals surface area contributed by atoms with Crippen molar-refractivity contribution in [2.24, 2.45) is 0 Å². The van der Waals surface area contributed by atoms with E-state index in [4.69, 9.17) is 0 Å². The molecule has 102 valence electrons. The Balaban J connectivity index is 1.68. The van der Waals surface area contributed by atoms with E-state index in [0.717, 1.165) is 6.54 Å². The zero-order chi connectivity index (χ0) is 13.3. The lowest BCUT2D eigenvalue weighted by atomic mass is 10.1. The van der Waals surface area contributed by atoms with Crippen molar-refractivity contribution in [1.82, 2.24) is 5.32 Å². The highest BCUT2D eigenvalue weighted by Crippen LogP contribution is 2.13. The largest absolute Gasteiger partial charge is 0.310 e. The van der Waals surface area contributed by atoms with Crippen molar-refractivity contribution in [2.75, 3.05) is 0 Å². The fourth-order valence-electron chi connectivity index (χ4n) is 2.29. The van der Waals surface area contributed by atoms with E-state index in [1.54, 1.807) is 0 Å². The second-order valence-corrected chi connectivity index (χ2v) is 5.98. The van der Waals surface area contributed by atoms with E-state index in [1.807, 2.05) is 11.3 Å². The molecule has 0 spiro atoms. The number of benzene rings is 1. The Morgan fingerprint density at radius 1 is 1.11 bits per heavy atom. The predicted octanol–water partition coefficient (Wildman–Crippen LogP) is 4.64. The molecule has 1 aromatic heterocycles. The fourth-order valence-corrected chi connectivity index (χ4v) is 3.04. The van der Waals surface area contributed by atoms with Crippen LogP contribution in [-0.4, -0.2) is 6.04 Å². The third kappa shape index (κ3) is 5.17. The van der Waals surface area contributed by atoms with Crippen LogP contribution in [0.2, 0.25) is 0 Å². The maximum absolute atomic E-state index is 3.67. The van der Waals surface area contributed by atoms with Crippen molar-refractivity contribution in [3.05, 3.63) is 58.3 Å². The number of hydrogen-bond acceptors (Lipinski definition) is 2. The van der Waals surface area contributed by atoms with E-state index in [1.165, 1.54) is 36.1 Å². The molecule has 0 saturated carbocycles. The smallest absolute Gasteiger partial charge is 0.0208 e. The third-order valence-electron chi connectivity index (χ3n) is 3.49. The quantitative estimate of drug-likeness (QED) is 0.739. The minimum atomic E-state index is 0.639. The first-order valence-electron chi connectivity index (χ1n) is 7.18. The molecule has 0 aliphatic heterocycles. The Bertz CT molecular complexity index is 436. The van der Waals surface area contributed by atoms with Crippen molar-refractivity contribution in [3.8, 4) is 0 Å². The second kappa shape index (κ2) is 8.13. The van der Waals surface area contributed by atoms with Crippen LogP contribution in [0.3, 0.4) is 0 Å². The van der Waals surface area contributed by atoms with Crippen molar-refractivity contribution in [3.63, 3.8) is 0 Å². The molecular formula is C17H23NS. The topological polar surface area (TPSA) is 12.0 Å². The Labute approximate surface area is 120 Å². The zero-order valence-electron chi connectivity index (χ0n) is 11.6. The maximum atomic E-state index is 3.67. The van der Waals surface area contributed by atoms with Gasteiger partial charge in [-0.1, -0.05) is 43.3 Å². The third-order valence-corrected chi connectivity index (χ3v) is 4.42. The van der Waals surface area contributed by atoms with Gasteiger partial charge >= 0.3 is 0 Å². The van der Waals surface area contributed by atoms with Crippen molar-refractivity contribution >= 4 is 11.3 Å². The zero-order valence-corrected chi connectivity index (χ0v) is 12.5. The Morgan fingerprint density at radius 3 is 2.63 bits per heavy atom. The molecule has 1 atom stereocenters. The van der Waals surface area contributed by atoms with Gasteiger partial charge in [0.1, 0.15) is 0 Å². The molecule has 2 aromatic rings. The summed E-state index contributed by atoms with van der Waals surface area (Å²) in [5.74, 6) is 0. The van der Waals surface area contributed by atoms with Crippen LogP contribution in [0.25, 0.3) is 0 Å². The van der Waals surface area contributed by atoms with Crippen LogP contribution >= 0.6 is 11.3 Å². The summed E-state index contributed by atoms with van der Waals surface area (Å²) in [6.07, 6.45) is 4.97. The van der Waals surface area contributed by atoms with Gasteiger partial charge in [-0.25, -0.2) is 0 Å². The van der Waals surface area contributed by atoms with E-state index in [0.29, 0.717) is 6.04 Å². The molecule has 0 bridgehead atoms. The monoisotopic (exact) mass is 273 g/mol. The number of rotatable bonds is 8. The van der Waals surface area contributed by atoms with Crippen LogP contribution in [-0.2, 0) is 13.0 Å². The number of aryl methyl sites for hydroxylation is 1. The first-order valence-corrected chi connectivity index (χ1v) is 8.06. The molecule has 1 aromatic carbocycles. The number of thiophene rings is 1. The summed E-state index contributed by atoms with van der Waals surface area (Å²) >= 11 is 1.87. The minimum absolute atomic E-state index is 0.639. The first kappa shape index (κ1) is 14.3. The molecule has 2 heteroatoms. The van der Waals surface area contributed by atoms with Gasteiger partial charge in [-0.2, -0.15) is 0 Å². The standard InChI is InChI=1S/C17H23NS/c1-2-16(10-6-11-17-12-7-13-19-17)18-14-15-8-4-3-5-9-15/h3-5,7-9,12-13,16,18H,2,6,10-11,14H2,1H3. The van der Waals surface area contributed by atoms with Crippen LogP contribution in [0.15, 0.2) is 47.8 Å². The van der Waals surface area contributed by atoms with Crippen LogP contribution in [0, 0.1) is 0 Å². The van der Waals surface area contributed by atoms with E-state index in [9.17, 15) is 0 Å². The highest BCUT2D eigenvalue weighted by molar-refractivity contribution is 7.09. The van der Waals surface area contributed by atoms with E-state index in [-0.39, 0.29) is 0 Å². The molecule has 1 unspecified atom stereocenters. The summed E-state index contributed by atoms with van der Waals surface area (Å²) in [6.45, 7) is 3.26. The molecule has 1 heterocycles. The molecule has 0 radical (unpaired) electrons. The minimum Gasteiger partial charge on any atom is -0.310 e. The van der Waals surface area contributed by atoms with Gasteiger partial charge in [0.25, 0.3) is 0 Å². The molecule has 0 amide bonds. The molecular weight excluding hydrogens is 250 g/mol. The Morgan fingerprint density at radius 2 is 1.95 bits per heavy atom. The Kier molecular flexibility index (Phi) is 6.12. The summed E-state index contributed by atoms with van der Waals surface area (Å²) in [6, 6.07) is 15.7. The van der Waals surface area contributed by atoms with Crippen LogP contribution in [0.5, 0.6) is 0 Å². The first-order chi connectivity index (χ1) is 9.38. The molecule has 1 N–H and O–H groups in total. The molecule has 19 heavy (non-hydrogen) atoms. The van der Waals surface area contributed by atoms with E-state index < -0.39 is 0 Å². The lowest BCUT2D eigenvalue weighted by molar-refractivity contribution is 0.455. The summed E-state index contributed by atoms with van der Waals surface area (Å²) in [4.78, 5) is 1.51. The van der Waals surface area contributed by atoms with Crippen molar-refractivity contribution < 1.29 is 0 Å². The highest BCUT2D eigenvalue weighted by atomic mass is 32.1.